The zero-order valence-electron chi connectivity index (χ0n) is 18.5. The minimum atomic E-state index is 0.217. The van der Waals surface area contributed by atoms with E-state index in [1.165, 1.54) is 23.1 Å². The number of rotatable bonds is 7. The molecule has 1 aromatic carbocycles. The van der Waals surface area contributed by atoms with E-state index in [0.717, 1.165) is 43.6 Å². The number of aromatic nitrogens is 1. The number of hydrogen-bond acceptors (Lipinski definition) is 2. The molecule has 1 heterocycles. The first-order chi connectivity index (χ1) is 13.3. The van der Waals surface area contributed by atoms with Crippen molar-refractivity contribution in [2.24, 2.45) is 11.3 Å². The van der Waals surface area contributed by atoms with E-state index in [9.17, 15) is 4.79 Å². The molecule has 4 heteroatoms. The molecule has 3 rings (SSSR count). The summed E-state index contributed by atoms with van der Waals surface area (Å²) in [5.74, 6) is 1.67. The molecular weight excluding hydrogens is 348 g/mol. The SMILES string of the molecule is CCN(CCC(C)C)C(=O)Cn1c2c(c3ccc(OC)cc31)CCC(C)(C)C2. The molecule has 1 aromatic heterocycles. The summed E-state index contributed by atoms with van der Waals surface area (Å²) in [4.78, 5) is 15.2. The lowest BCUT2D eigenvalue weighted by atomic mass is 9.76. The lowest BCUT2D eigenvalue weighted by Crippen LogP contribution is -2.36. The highest BCUT2D eigenvalue weighted by Crippen LogP contribution is 2.40. The monoisotopic (exact) mass is 384 g/mol. The summed E-state index contributed by atoms with van der Waals surface area (Å²) in [6.07, 6.45) is 4.33. The molecule has 0 fully saturated rings. The van der Waals surface area contributed by atoms with E-state index in [0.29, 0.717) is 12.5 Å². The van der Waals surface area contributed by atoms with Gasteiger partial charge >= 0.3 is 0 Å². The number of nitrogens with zero attached hydrogens (tertiary/aromatic N) is 2. The van der Waals surface area contributed by atoms with E-state index >= 15 is 0 Å². The zero-order valence-corrected chi connectivity index (χ0v) is 18.5. The number of methoxy groups -OCH3 is 1. The fourth-order valence-corrected chi connectivity index (χ4v) is 4.36. The molecule has 1 aliphatic rings. The molecule has 0 unspecified atom stereocenters. The third-order valence-electron chi connectivity index (χ3n) is 6.20. The average molecular weight is 385 g/mol. The van der Waals surface area contributed by atoms with E-state index < -0.39 is 0 Å². The third-order valence-corrected chi connectivity index (χ3v) is 6.20. The first-order valence-corrected chi connectivity index (χ1v) is 10.7. The molecule has 0 bridgehead atoms. The van der Waals surface area contributed by atoms with Gasteiger partial charge in [0.1, 0.15) is 12.3 Å². The molecule has 1 aliphatic carbocycles. The maximum Gasteiger partial charge on any atom is 0.242 e. The summed E-state index contributed by atoms with van der Waals surface area (Å²) >= 11 is 0. The highest BCUT2D eigenvalue weighted by molar-refractivity contribution is 5.89. The van der Waals surface area contributed by atoms with Gasteiger partial charge in [-0.2, -0.15) is 0 Å². The van der Waals surface area contributed by atoms with Crippen LogP contribution in [0.4, 0.5) is 0 Å². The van der Waals surface area contributed by atoms with Crippen molar-refractivity contribution >= 4 is 16.8 Å². The van der Waals surface area contributed by atoms with E-state index in [1.807, 2.05) is 11.0 Å². The fourth-order valence-electron chi connectivity index (χ4n) is 4.36. The number of ether oxygens (including phenoxy) is 1. The molecule has 154 valence electrons. The number of hydrogen-bond donors (Lipinski definition) is 0. The second kappa shape index (κ2) is 8.18. The van der Waals surface area contributed by atoms with Crippen molar-refractivity contribution in [3.8, 4) is 5.75 Å². The summed E-state index contributed by atoms with van der Waals surface area (Å²) in [7, 11) is 1.70. The summed E-state index contributed by atoms with van der Waals surface area (Å²) in [6, 6.07) is 6.30. The Hall–Kier alpha value is -1.97. The first-order valence-electron chi connectivity index (χ1n) is 10.7. The van der Waals surface area contributed by atoms with E-state index in [-0.39, 0.29) is 11.3 Å². The summed E-state index contributed by atoms with van der Waals surface area (Å²) < 4.78 is 7.75. The molecule has 0 aliphatic heterocycles. The predicted molar refractivity (Wildman–Crippen MR) is 116 cm³/mol. The van der Waals surface area contributed by atoms with Gasteiger partial charge in [0.15, 0.2) is 0 Å². The molecule has 28 heavy (non-hydrogen) atoms. The Labute approximate surface area is 169 Å². The van der Waals surface area contributed by atoms with Crippen LogP contribution in [0.3, 0.4) is 0 Å². The largest absolute Gasteiger partial charge is 0.497 e. The molecular formula is C24H36N2O2. The van der Waals surface area contributed by atoms with Crippen molar-refractivity contribution in [1.29, 1.82) is 0 Å². The molecule has 4 nitrogen and oxygen atoms in total. The number of carbonyl (C=O) groups excluding carboxylic acids is 1. The molecule has 0 radical (unpaired) electrons. The van der Waals surface area contributed by atoms with Gasteiger partial charge in [0.05, 0.1) is 12.6 Å². The van der Waals surface area contributed by atoms with E-state index in [1.54, 1.807) is 7.11 Å². The van der Waals surface area contributed by atoms with Crippen LogP contribution in [0, 0.1) is 11.3 Å². The molecule has 0 N–H and O–H groups in total. The maximum atomic E-state index is 13.2. The number of likely N-dealkylation sites (N-methyl/N-ethyl adjacent to an activating group) is 1. The Morgan fingerprint density at radius 2 is 2.07 bits per heavy atom. The van der Waals surface area contributed by atoms with Crippen LogP contribution in [-0.2, 0) is 24.2 Å². The Kier molecular flexibility index (Phi) is 6.07. The first kappa shape index (κ1) is 20.8. The van der Waals surface area contributed by atoms with Crippen LogP contribution < -0.4 is 4.74 Å². The lowest BCUT2D eigenvalue weighted by Gasteiger charge is -2.31. The Balaban J connectivity index is 2.00. The second-order valence-electron chi connectivity index (χ2n) is 9.39. The van der Waals surface area contributed by atoms with Gasteiger partial charge in [-0.3, -0.25) is 4.79 Å². The van der Waals surface area contributed by atoms with Gasteiger partial charge in [-0.05, 0) is 61.6 Å². The zero-order chi connectivity index (χ0) is 20.5. The third kappa shape index (κ3) is 4.21. The van der Waals surface area contributed by atoms with Crippen molar-refractivity contribution in [2.75, 3.05) is 20.2 Å². The molecule has 0 spiro atoms. The van der Waals surface area contributed by atoms with Crippen LogP contribution in [0.15, 0.2) is 18.2 Å². The van der Waals surface area contributed by atoms with Crippen molar-refractivity contribution in [1.82, 2.24) is 9.47 Å². The van der Waals surface area contributed by atoms with E-state index in [4.69, 9.17) is 4.74 Å². The van der Waals surface area contributed by atoms with Crippen LogP contribution in [0.25, 0.3) is 10.9 Å². The molecule has 1 amide bonds. The van der Waals surface area contributed by atoms with Crippen LogP contribution in [-0.4, -0.2) is 35.6 Å². The van der Waals surface area contributed by atoms with Gasteiger partial charge < -0.3 is 14.2 Å². The lowest BCUT2D eigenvalue weighted by molar-refractivity contribution is -0.131. The maximum absolute atomic E-state index is 13.2. The predicted octanol–water partition coefficient (Wildman–Crippen LogP) is 5.06. The Bertz CT molecular complexity index is 848. The molecule has 0 atom stereocenters. The second-order valence-corrected chi connectivity index (χ2v) is 9.39. The van der Waals surface area contributed by atoms with Gasteiger partial charge in [-0.15, -0.1) is 0 Å². The fraction of sp³-hybridized carbons (Fsp3) is 0.625. The Morgan fingerprint density at radius 3 is 2.71 bits per heavy atom. The van der Waals surface area contributed by atoms with Crippen LogP contribution >= 0.6 is 0 Å². The summed E-state index contributed by atoms with van der Waals surface area (Å²) in [6.45, 7) is 13.2. The number of benzene rings is 1. The van der Waals surface area contributed by atoms with Crippen LogP contribution in [0.2, 0.25) is 0 Å². The molecule has 0 saturated heterocycles. The number of fused-ring (bicyclic) bond motifs is 3. The Morgan fingerprint density at radius 1 is 1.32 bits per heavy atom. The smallest absolute Gasteiger partial charge is 0.242 e. The summed E-state index contributed by atoms with van der Waals surface area (Å²) in [5, 5.41) is 1.28. The van der Waals surface area contributed by atoms with E-state index in [2.05, 4.69) is 51.3 Å². The minimum absolute atomic E-state index is 0.217. The topological polar surface area (TPSA) is 34.5 Å². The van der Waals surface area contributed by atoms with Crippen LogP contribution in [0.1, 0.15) is 58.7 Å². The standard InChI is InChI=1S/C24H36N2O2/c1-7-25(13-11-17(2)3)23(27)16-26-21-14-18(28-6)8-9-19(21)20-10-12-24(4,5)15-22(20)26/h8-9,14,17H,7,10-13,15-16H2,1-6H3. The van der Waals surface area contributed by atoms with Gasteiger partial charge in [-0.25, -0.2) is 0 Å². The van der Waals surface area contributed by atoms with Crippen molar-refractivity contribution in [3.05, 3.63) is 29.5 Å². The average Bonchev–Trinajstić information content (AvgIpc) is 2.93. The molecule has 2 aromatic rings. The normalized spacial score (nSPS) is 15.7. The van der Waals surface area contributed by atoms with Gasteiger partial charge in [0.25, 0.3) is 0 Å². The number of carbonyl (C=O) groups is 1. The van der Waals surface area contributed by atoms with Crippen molar-refractivity contribution in [2.45, 2.75) is 66.8 Å². The number of amides is 1. The summed E-state index contributed by atoms with van der Waals surface area (Å²) in [5.41, 5.74) is 4.17. The minimum Gasteiger partial charge on any atom is -0.497 e. The van der Waals surface area contributed by atoms with Gasteiger partial charge in [0.2, 0.25) is 5.91 Å². The van der Waals surface area contributed by atoms with Crippen molar-refractivity contribution in [3.63, 3.8) is 0 Å². The quantitative estimate of drug-likeness (QED) is 0.669. The van der Waals surface area contributed by atoms with Crippen molar-refractivity contribution < 1.29 is 9.53 Å². The van der Waals surface area contributed by atoms with Crippen LogP contribution in [0.5, 0.6) is 5.75 Å². The highest BCUT2D eigenvalue weighted by atomic mass is 16.5. The van der Waals surface area contributed by atoms with Gasteiger partial charge in [-0.1, -0.05) is 27.7 Å². The highest BCUT2D eigenvalue weighted by Gasteiger charge is 2.31. The molecule has 0 saturated carbocycles. The number of aryl methyl sites for hydroxylation is 1. The van der Waals surface area contributed by atoms with Gasteiger partial charge in [0, 0.05) is 30.2 Å².